The van der Waals surface area contributed by atoms with Crippen LogP contribution in [0.1, 0.15) is 0 Å². The zero-order valence-corrected chi connectivity index (χ0v) is 14.5. The third-order valence-electron chi connectivity index (χ3n) is 4.05. The maximum atomic E-state index is 6.43. The van der Waals surface area contributed by atoms with Crippen LogP contribution in [0.25, 0.3) is 22.6 Å². The van der Waals surface area contributed by atoms with E-state index < -0.39 is 0 Å². The molecular formula is C18H17ClN6. The molecule has 0 amide bonds. The van der Waals surface area contributed by atoms with E-state index in [1.807, 2.05) is 60.8 Å². The van der Waals surface area contributed by atoms with Gasteiger partial charge in [-0.05, 0) is 0 Å². The van der Waals surface area contributed by atoms with Crippen molar-refractivity contribution < 1.29 is 0 Å². The molecule has 126 valence electrons. The molecule has 0 fully saturated rings. The summed E-state index contributed by atoms with van der Waals surface area (Å²) in [5, 5.41) is 5.16. The van der Waals surface area contributed by atoms with Gasteiger partial charge in [-0.1, -0.05) is 41.9 Å². The number of nitrogens with zero attached hydrogens (tertiary/aromatic N) is 6. The first-order valence-electron chi connectivity index (χ1n) is 7.98. The van der Waals surface area contributed by atoms with E-state index in [1.54, 1.807) is 17.1 Å². The first-order valence-corrected chi connectivity index (χ1v) is 8.36. The molecule has 0 spiro atoms. The van der Waals surface area contributed by atoms with Crippen molar-refractivity contribution in [3.8, 4) is 22.6 Å². The van der Waals surface area contributed by atoms with Crippen LogP contribution in [0.2, 0.25) is 5.02 Å². The summed E-state index contributed by atoms with van der Waals surface area (Å²) in [6, 6.07) is 10.1. The number of hydrogen-bond donors (Lipinski definition) is 0. The summed E-state index contributed by atoms with van der Waals surface area (Å²) in [5.41, 5.74) is 3.59. The highest BCUT2D eigenvalue weighted by atomic mass is 35.5. The van der Waals surface area contributed by atoms with Gasteiger partial charge in [0, 0.05) is 44.3 Å². The summed E-state index contributed by atoms with van der Waals surface area (Å²) in [4.78, 5) is 8.73. The highest BCUT2D eigenvalue weighted by Gasteiger charge is 2.20. The molecular weight excluding hydrogens is 336 g/mol. The van der Waals surface area contributed by atoms with Crippen LogP contribution in [0.4, 0.5) is 0 Å². The lowest BCUT2D eigenvalue weighted by Crippen LogP contribution is -2.07. The topological polar surface area (TPSA) is 53.5 Å². The van der Waals surface area contributed by atoms with E-state index in [0.29, 0.717) is 5.02 Å². The van der Waals surface area contributed by atoms with Crippen LogP contribution in [0.15, 0.2) is 61.6 Å². The van der Waals surface area contributed by atoms with Gasteiger partial charge >= 0.3 is 0 Å². The van der Waals surface area contributed by atoms with Gasteiger partial charge < -0.3 is 9.13 Å². The molecule has 0 aliphatic rings. The van der Waals surface area contributed by atoms with Gasteiger partial charge in [0.25, 0.3) is 0 Å². The number of benzene rings is 1. The van der Waals surface area contributed by atoms with Crippen molar-refractivity contribution in [3.05, 3.63) is 66.6 Å². The summed E-state index contributed by atoms with van der Waals surface area (Å²) in [7, 11) is 1.86. The Morgan fingerprint density at radius 2 is 1.88 bits per heavy atom. The maximum Gasteiger partial charge on any atom is 0.130 e. The standard InChI is InChI=1S/C18H17ClN6/c1-23-11-15(19)17(22-23)18-16(14-5-3-2-4-6-14)21-13-25(18)10-9-24-8-7-20-12-24/h2-8,11-13H,9-10H2,1H3. The Morgan fingerprint density at radius 3 is 2.56 bits per heavy atom. The van der Waals surface area contributed by atoms with Gasteiger partial charge in [-0.2, -0.15) is 5.10 Å². The lowest BCUT2D eigenvalue weighted by atomic mass is 10.1. The molecule has 0 N–H and O–H groups in total. The minimum absolute atomic E-state index is 0.615. The highest BCUT2D eigenvalue weighted by Crippen LogP contribution is 2.34. The Labute approximate surface area is 150 Å². The number of hydrogen-bond acceptors (Lipinski definition) is 3. The fourth-order valence-corrected chi connectivity index (χ4v) is 3.14. The van der Waals surface area contributed by atoms with Crippen molar-refractivity contribution >= 4 is 11.6 Å². The second-order valence-corrected chi connectivity index (χ2v) is 6.21. The van der Waals surface area contributed by atoms with Crippen molar-refractivity contribution in [1.82, 2.24) is 28.9 Å². The van der Waals surface area contributed by atoms with Crippen molar-refractivity contribution in [2.24, 2.45) is 7.05 Å². The second kappa shape index (κ2) is 6.57. The minimum Gasteiger partial charge on any atom is -0.336 e. The van der Waals surface area contributed by atoms with Crippen LogP contribution in [-0.4, -0.2) is 28.9 Å². The predicted molar refractivity (Wildman–Crippen MR) is 97.1 cm³/mol. The van der Waals surface area contributed by atoms with Gasteiger partial charge in [-0.15, -0.1) is 0 Å². The molecule has 1 aromatic carbocycles. The minimum atomic E-state index is 0.615. The van der Waals surface area contributed by atoms with Crippen LogP contribution in [0.5, 0.6) is 0 Å². The Kier molecular flexibility index (Phi) is 4.11. The Hall–Kier alpha value is -2.86. The molecule has 3 heterocycles. The predicted octanol–water partition coefficient (Wildman–Crippen LogP) is 3.50. The fraction of sp³-hybridized carbons (Fsp3) is 0.167. The van der Waals surface area contributed by atoms with Crippen LogP contribution in [-0.2, 0) is 20.1 Å². The molecule has 0 aliphatic heterocycles. The summed E-state index contributed by atoms with van der Waals surface area (Å²) in [6.45, 7) is 1.54. The van der Waals surface area contributed by atoms with Gasteiger partial charge in [-0.25, -0.2) is 9.97 Å². The lowest BCUT2D eigenvalue weighted by molar-refractivity contribution is 0.580. The van der Waals surface area contributed by atoms with Gasteiger partial charge in [0.05, 0.1) is 29.1 Å². The van der Waals surface area contributed by atoms with Crippen LogP contribution >= 0.6 is 11.6 Å². The average molecular weight is 353 g/mol. The number of aromatic nitrogens is 6. The van der Waals surface area contributed by atoms with Crippen LogP contribution in [0.3, 0.4) is 0 Å². The summed E-state index contributed by atoms with van der Waals surface area (Å²) in [5.74, 6) is 0. The van der Waals surface area contributed by atoms with Crippen molar-refractivity contribution in [3.63, 3.8) is 0 Å². The third kappa shape index (κ3) is 3.08. The largest absolute Gasteiger partial charge is 0.336 e. The number of rotatable bonds is 5. The highest BCUT2D eigenvalue weighted by molar-refractivity contribution is 6.33. The second-order valence-electron chi connectivity index (χ2n) is 5.80. The number of halogens is 1. The molecule has 25 heavy (non-hydrogen) atoms. The molecule has 7 heteroatoms. The quantitative estimate of drug-likeness (QED) is 0.552. The monoisotopic (exact) mass is 352 g/mol. The third-order valence-corrected chi connectivity index (χ3v) is 4.33. The molecule has 4 aromatic rings. The first kappa shape index (κ1) is 15.7. The lowest BCUT2D eigenvalue weighted by Gasteiger charge is -2.09. The van der Waals surface area contributed by atoms with Crippen molar-refractivity contribution in [1.29, 1.82) is 0 Å². The Morgan fingerprint density at radius 1 is 1.04 bits per heavy atom. The molecule has 3 aromatic heterocycles. The Bertz CT molecular complexity index is 969. The van der Waals surface area contributed by atoms with Gasteiger partial charge in [-0.3, -0.25) is 4.68 Å². The van der Waals surface area contributed by atoms with E-state index in [0.717, 1.165) is 35.7 Å². The number of imidazole rings is 2. The zero-order valence-electron chi connectivity index (χ0n) is 13.7. The normalized spacial score (nSPS) is 11.1. The fourth-order valence-electron chi connectivity index (χ4n) is 2.87. The molecule has 6 nitrogen and oxygen atoms in total. The van der Waals surface area contributed by atoms with Crippen molar-refractivity contribution in [2.75, 3.05) is 0 Å². The van der Waals surface area contributed by atoms with E-state index in [1.165, 1.54) is 0 Å². The molecule has 0 radical (unpaired) electrons. The first-order chi connectivity index (χ1) is 12.2. The maximum absolute atomic E-state index is 6.43. The SMILES string of the molecule is Cn1cc(Cl)c(-c2c(-c3ccccc3)ncn2CCn2ccnc2)n1. The molecule has 0 bridgehead atoms. The van der Waals surface area contributed by atoms with E-state index in [2.05, 4.69) is 19.6 Å². The summed E-state index contributed by atoms with van der Waals surface area (Å²) < 4.78 is 5.85. The molecule has 0 aliphatic carbocycles. The molecule has 0 saturated heterocycles. The van der Waals surface area contributed by atoms with Gasteiger partial charge in [0.2, 0.25) is 0 Å². The number of aryl methyl sites for hydroxylation is 3. The van der Waals surface area contributed by atoms with E-state index in [-0.39, 0.29) is 0 Å². The van der Waals surface area contributed by atoms with Crippen molar-refractivity contribution in [2.45, 2.75) is 13.1 Å². The molecule has 0 saturated carbocycles. The zero-order chi connectivity index (χ0) is 17.2. The van der Waals surface area contributed by atoms with Gasteiger partial charge in [0.15, 0.2) is 0 Å². The van der Waals surface area contributed by atoms with Crippen LogP contribution < -0.4 is 0 Å². The molecule has 0 atom stereocenters. The summed E-state index contributed by atoms with van der Waals surface area (Å²) >= 11 is 6.43. The van der Waals surface area contributed by atoms with E-state index in [4.69, 9.17) is 11.6 Å². The molecule has 0 unspecified atom stereocenters. The van der Waals surface area contributed by atoms with E-state index >= 15 is 0 Å². The Balaban J connectivity index is 1.79. The van der Waals surface area contributed by atoms with Gasteiger partial charge in [0.1, 0.15) is 5.69 Å². The average Bonchev–Trinajstić information content (AvgIpc) is 3.33. The summed E-state index contributed by atoms with van der Waals surface area (Å²) in [6.07, 6.45) is 9.18. The smallest absolute Gasteiger partial charge is 0.130 e. The molecule has 4 rings (SSSR count). The van der Waals surface area contributed by atoms with E-state index in [9.17, 15) is 0 Å². The van der Waals surface area contributed by atoms with Crippen LogP contribution in [0, 0.1) is 0 Å².